The van der Waals surface area contributed by atoms with Crippen LogP contribution in [-0.2, 0) is 0 Å². The molecule has 1 heterocycles. The van der Waals surface area contributed by atoms with Crippen LogP contribution in [0.2, 0.25) is 0 Å². The fraction of sp³-hybridized carbons (Fsp3) is 0.818. The van der Waals surface area contributed by atoms with E-state index in [1.54, 1.807) is 0 Å². The van der Waals surface area contributed by atoms with E-state index in [0.29, 0.717) is 17.8 Å². The van der Waals surface area contributed by atoms with Gasteiger partial charge in [-0.2, -0.15) is 0 Å². The summed E-state index contributed by atoms with van der Waals surface area (Å²) in [5, 5.41) is 14.2. The SMILES string of the molecule is CNC(C)c1nnc(NCC(C)C2CC2)o1. The van der Waals surface area contributed by atoms with Crippen molar-refractivity contribution in [2.24, 2.45) is 11.8 Å². The minimum absolute atomic E-state index is 0.101. The second-order valence-electron chi connectivity index (χ2n) is 4.65. The molecule has 0 amide bonds. The highest BCUT2D eigenvalue weighted by atomic mass is 16.4. The molecule has 2 atom stereocenters. The highest BCUT2D eigenvalue weighted by Gasteiger charge is 2.27. The van der Waals surface area contributed by atoms with Gasteiger partial charge in [0.1, 0.15) is 0 Å². The molecule has 1 aliphatic rings. The fourth-order valence-electron chi connectivity index (χ4n) is 1.68. The molecular formula is C11H20N4O. The molecule has 0 spiro atoms. The van der Waals surface area contributed by atoms with Gasteiger partial charge in [0.2, 0.25) is 5.89 Å². The van der Waals surface area contributed by atoms with Crippen molar-refractivity contribution >= 4 is 6.01 Å². The van der Waals surface area contributed by atoms with Crippen LogP contribution < -0.4 is 10.6 Å². The highest BCUT2D eigenvalue weighted by Crippen LogP contribution is 2.36. The van der Waals surface area contributed by atoms with Crippen LogP contribution >= 0.6 is 0 Å². The van der Waals surface area contributed by atoms with E-state index in [-0.39, 0.29) is 6.04 Å². The Balaban J connectivity index is 1.82. The molecule has 5 nitrogen and oxygen atoms in total. The van der Waals surface area contributed by atoms with Crippen molar-refractivity contribution in [1.82, 2.24) is 15.5 Å². The molecular weight excluding hydrogens is 204 g/mol. The Morgan fingerprint density at radius 1 is 1.38 bits per heavy atom. The van der Waals surface area contributed by atoms with Gasteiger partial charge in [-0.15, -0.1) is 5.10 Å². The number of nitrogens with zero attached hydrogens (tertiary/aromatic N) is 2. The molecule has 0 saturated heterocycles. The van der Waals surface area contributed by atoms with Gasteiger partial charge >= 0.3 is 6.01 Å². The number of rotatable bonds is 6. The summed E-state index contributed by atoms with van der Waals surface area (Å²) in [6.07, 6.45) is 2.74. The molecule has 1 fully saturated rings. The van der Waals surface area contributed by atoms with Crippen LogP contribution in [0, 0.1) is 11.8 Å². The molecule has 16 heavy (non-hydrogen) atoms. The van der Waals surface area contributed by atoms with Gasteiger partial charge in [0.15, 0.2) is 0 Å². The second-order valence-corrected chi connectivity index (χ2v) is 4.65. The first-order valence-corrected chi connectivity index (χ1v) is 5.95. The Morgan fingerprint density at radius 3 is 2.75 bits per heavy atom. The van der Waals surface area contributed by atoms with Crippen LogP contribution in [0.5, 0.6) is 0 Å². The standard InChI is InChI=1S/C11H20N4O/c1-7(9-4-5-9)6-13-11-15-14-10(16-11)8(2)12-3/h7-9,12H,4-6H2,1-3H3,(H,13,15). The van der Waals surface area contributed by atoms with Gasteiger partial charge in [-0.3, -0.25) is 0 Å². The molecule has 1 aromatic rings. The summed E-state index contributed by atoms with van der Waals surface area (Å²) in [6, 6.07) is 0.633. The molecule has 90 valence electrons. The lowest BCUT2D eigenvalue weighted by Gasteiger charge is -2.09. The van der Waals surface area contributed by atoms with Gasteiger partial charge in [0.05, 0.1) is 6.04 Å². The van der Waals surface area contributed by atoms with Crippen LogP contribution in [0.4, 0.5) is 6.01 Å². The van der Waals surface area contributed by atoms with Crippen molar-refractivity contribution in [3.8, 4) is 0 Å². The minimum atomic E-state index is 0.101. The second kappa shape index (κ2) is 4.82. The molecule has 1 aliphatic carbocycles. The lowest BCUT2D eigenvalue weighted by molar-refractivity contribution is 0.436. The van der Waals surface area contributed by atoms with Gasteiger partial charge in [-0.1, -0.05) is 12.0 Å². The van der Waals surface area contributed by atoms with E-state index in [0.717, 1.165) is 12.5 Å². The Labute approximate surface area is 96.0 Å². The molecule has 0 aliphatic heterocycles. The third-order valence-electron chi connectivity index (χ3n) is 3.25. The number of hydrogen-bond acceptors (Lipinski definition) is 5. The lowest BCUT2D eigenvalue weighted by atomic mass is 10.1. The molecule has 0 aromatic carbocycles. The average Bonchev–Trinajstić information content (AvgIpc) is 3.04. The van der Waals surface area contributed by atoms with E-state index in [2.05, 4.69) is 27.8 Å². The molecule has 0 bridgehead atoms. The monoisotopic (exact) mass is 224 g/mol. The fourth-order valence-corrected chi connectivity index (χ4v) is 1.68. The lowest BCUT2D eigenvalue weighted by Crippen LogP contribution is -2.13. The molecule has 2 rings (SSSR count). The van der Waals surface area contributed by atoms with E-state index in [9.17, 15) is 0 Å². The molecule has 0 radical (unpaired) electrons. The van der Waals surface area contributed by atoms with Crippen molar-refractivity contribution in [1.29, 1.82) is 0 Å². The molecule has 2 N–H and O–H groups in total. The highest BCUT2D eigenvalue weighted by molar-refractivity contribution is 5.17. The zero-order valence-electron chi connectivity index (χ0n) is 10.2. The summed E-state index contributed by atoms with van der Waals surface area (Å²) in [7, 11) is 1.87. The molecule has 2 unspecified atom stereocenters. The maximum absolute atomic E-state index is 5.49. The van der Waals surface area contributed by atoms with Gasteiger partial charge in [-0.05, 0) is 38.6 Å². The zero-order valence-corrected chi connectivity index (χ0v) is 10.2. The third kappa shape index (κ3) is 2.72. The number of anilines is 1. The summed E-state index contributed by atoms with van der Waals surface area (Å²) < 4.78 is 5.49. The van der Waals surface area contributed by atoms with Crippen molar-refractivity contribution in [2.45, 2.75) is 32.7 Å². The summed E-state index contributed by atoms with van der Waals surface area (Å²) in [5.74, 6) is 2.22. The first kappa shape index (κ1) is 11.4. The molecule has 1 saturated carbocycles. The summed E-state index contributed by atoms with van der Waals surface area (Å²) in [4.78, 5) is 0. The third-order valence-corrected chi connectivity index (χ3v) is 3.25. The largest absolute Gasteiger partial charge is 0.406 e. The summed E-state index contributed by atoms with van der Waals surface area (Å²) in [6.45, 7) is 5.17. The maximum atomic E-state index is 5.49. The smallest absolute Gasteiger partial charge is 0.315 e. The van der Waals surface area contributed by atoms with E-state index >= 15 is 0 Å². The van der Waals surface area contributed by atoms with Crippen LogP contribution in [-0.4, -0.2) is 23.8 Å². The summed E-state index contributed by atoms with van der Waals surface area (Å²) in [5.41, 5.74) is 0. The quantitative estimate of drug-likeness (QED) is 0.771. The van der Waals surface area contributed by atoms with Crippen molar-refractivity contribution in [3.63, 3.8) is 0 Å². The van der Waals surface area contributed by atoms with Crippen LogP contribution in [0.15, 0.2) is 4.42 Å². The zero-order chi connectivity index (χ0) is 11.5. The molecule has 5 heteroatoms. The minimum Gasteiger partial charge on any atom is -0.406 e. The van der Waals surface area contributed by atoms with Gasteiger partial charge in [0, 0.05) is 6.54 Å². The first-order valence-electron chi connectivity index (χ1n) is 5.95. The average molecular weight is 224 g/mol. The summed E-state index contributed by atoms with van der Waals surface area (Å²) >= 11 is 0. The predicted molar refractivity (Wildman–Crippen MR) is 62.2 cm³/mol. The molecule has 1 aromatic heterocycles. The Bertz CT molecular complexity index is 334. The van der Waals surface area contributed by atoms with E-state index < -0.39 is 0 Å². The number of hydrogen-bond donors (Lipinski definition) is 2. The van der Waals surface area contributed by atoms with E-state index in [1.807, 2.05) is 14.0 Å². The Morgan fingerprint density at radius 2 is 2.12 bits per heavy atom. The Kier molecular flexibility index (Phi) is 3.43. The topological polar surface area (TPSA) is 63.0 Å². The Hall–Kier alpha value is -1.10. The number of nitrogens with one attached hydrogen (secondary N) is 2. The van der Waals surface area contributed by atoms with Gasteiger partial charge < -0.3 is 15.1 Å². The first-order chi connectivity index (χ1) is 7.70. The number of aromatic nitrogens is 2. The van der Waals surface area contributed by atoms with E-state index in [4.69, 9.17) is 4.42 Å². The van der Waals surface area contributed by atoms with E-state index in [1.165, 1.54) is 12.8 Å². The van der Waals surface area contributed by atoms with Crippen molar-refractivity contribution in [2.75, 3.05) is 18.9 Å². The normalized spacial score (nSPS) is 19.4. The van der Waals surface area contributed by atoms with Gasteiger partial charge in [-0.25, -0.2) is 0 Å². The van der Waals surface area contributed by atoms with Crippen molar-refractivity contribution in [3.05, 3.63) is 5.89 Å². The van der Waals surface area contributed by atoms with Crippen LogP contribution in [0.1, 0.15) is 38.6 Å². The van der Waals surface area contributed by atoms with Crippen LogP contribution in [0.25, 0.3) is 0 Å². The predicted octanol–water partition coefficient (Wildman–Crippen LogP) is 1.81. The van der Waals surface area contributed by atoms with Gasteiger partial charge in [0.25, 0.3) is 0 Å². The van der Waals surface area contributed by atoms with Crippen LogP contribution in [0.3, 0.4) is 0 Å². The maximum Gasteiger partial charge on any atom is 0.315 e. The van der Waals surface area contributed by atoms with Crippen molar-refractivity contribution < 1.29 is 4.42 Å².